The van der Waals surface area contributed by atoms with Crippen LogP contribution in [0.25, 0.3) is 0 Å². The fourth-order valence-corrected chi connectivity index (χ4v) is 0.470. The van der Waals surface area contributed by atoms with Crippen LogP contribution in [0, 0.1) is 0 Å². The highest BCUT2D eigenvalue weighted by atomic mass is 14.7. The van der Waals surface area contributed by atoms with Crippen molar-refractivity contribution in [2.24, 2.45) is 4.99 Å². The van der Waals surface area contributed by atoms with Gasteiger partial charge in [0.05, 0.1) is 0 Å². The van der Waals surface area contributed by atoms with Crippen LogP contribution in [0.1, 0.15) is 27.2 Å². The van der Waals surface area contributed by atoms with Crippen molar-refractivity contribution < 1.29 is 0 Å². The first-order chi connectivity index (χ1) is 4.13. The summed E-state index contributed by atoms with van der Waals surface area (Å²) in [5.41, 5.74) is 2.36. The number of rotatable bonds is 3. The number of hydrogen-bond acceptors (Lipinski definition) is 1. The van der Waals surface area contributed by atoms with E-state index in [2.05, 4.69) is 11.6 Å². The lowest BCUT2D eigenvalue weighted by molar-refractivity contribution is 0.952. The summed E-state index contributed by atoms with van der Waals surface area (Å²) < 4.78 is 0. The summed E-state index contributed by atoms with van der Waals surface area (Å²) in [5, 5.41) is 0. The van der Waals surface area contributed by atoms with E-state index in [1.165, 1.54) is 5.57 Å². The van der Waals surface area contributed by atoms with Crippen molar-refractivity contribution in [3.05, 3.63) is 12.2 Å². The van der Waals surface area contributed by atoms with Gasteiger partial charge < -0.3 is 0 Å². The molecule has 0 saturated carbocycles. The summed E-state index contributed by atoms with van der Waals surface area (Å²) in [7, 11) is 0. The van der Waals surface area contributed by atoms with Crippen LogP contribution in [0.15, 0.2) is 17.1 Å². The SMILES string of the molecule is C=C(C)CCN=C(C)C. The van der Waals surface area contributed by atoms with Gasteiger partial charge >= 0.3 is 0 Å². The van der Waals surface area contributed by atoms with E-state index in [1.807, 2.05) is 20.8 Å². The molecule has 0 bridgehead atoms. The summed E-state index contributed by atoms with van der Waals surface area (Å²) >= 11 is 0. The largest absolute Gasteiger partial charge is 0.294 e. The summed E-state index contributed by atoms with van der Waals surface area (Å²) in [5.74, 6) is 0. The second kappa shape index (κ2) is 4.30. The molecule has 0 amide bonds. The minimum absolute atomic E-state index is 0.900. The van der Waals surface area contributed by atoms with E-state index < -0.39 is 0 Å². The summed E-state index contributed by atoms with van der Waals surface area (Å²) in [6.07, 6.45) is 1.02. The first-order valence-corrected chi connectivity index (χ1v) is 3.25. The van der Waals surface area contributed by atoms with Gasteiger partial charge in [0, 0.05) is 12.3 Å². The zero-order valence-electron chi connectivity index (χ0n) is 6.57. The van der Waals surface area contributed by atoms with Crippen molar-refractivity contribution in [3.63, 3.8) is 0 Å². The summed E-state index contributed by atoms with van der Waals surface area (Å²) in [6.45, 7) is 10.7. The molecule has 0 aliphatic heterocycles. The molecule has 0 fully saturated rings. The van der Waals surface area contributed by atoms with Crippen molar-refractivity contribution in [2.75, 3.05) is 6.54 Å². The Kier molecular flexibility index (Phi) is 4.02. The molecule has 0 atom stereocenters. The molecule has 0 aromatic rings. The van der Waals surface area contributed by atoms with Crippen molar-refractivity contribution in [2.45, 2.75) is 27.2 Å². The van der Waals surface area contributed by atoms with Crippen LogP contribution in [-0.2, 0) is 0 Å². The average molecular weight is 125 g/mol. The number of hydrogen-bond donors (Lipinski definition) is 0. The molecule has 0 unspecified atom stereocenters. The lowest BCUT2D eigenvalue weighted by atomic mass is 10.2. The smallest absolute Gasteiger partial charge is 0.0425 e. The molecule has 1 nitrogen and oxygen atoms in total. The second-order valence-electron chi connectivity index (χ2n) is 2.54. The van der Waals surface area contributed by atoms with Crippen LogP contribution in [0.4, 0.5) is 0 Å². The molecule has 0 aliphatic carbocycles. The first-order valence-electron chi connectivity index (χ1n) is 3.25. The molecular formula is C8H15N. The van der Waals surface area contributed by atoms with Gasteiger partial charge in [-0.05, 0) is 27.2 Å². The lowest BCUT2D eigenvalue weighted by Gasteiger charge is -1.93. The maximum absolute atomic E-state index is 4.22. The zero-order valence-corrected chi connectivity index (χ0v) is 6.57. The molecule has 0 aromatic heterocycles. The molecule has 0 heterocycles. The minimum atomic E-state index is 0.900. The van der Waals surface area contributed by atoms with E-state index in [4.69, 9.17) is 0 Å². The third-order valence-corrected chi connectivity index (χ3v) is 0.967. The van der Waals surface area contributed by atoms with Crippen molar-refractivity contribution in [3.8, 4) is 0 Å². The first kappa shape index (κ1) is 8.41. The molecule has 52 valence electrons. The maximum atomic E-state index is 4.22. The maximum Gasteiger partial charge on any atom is 0.0425 e. The highest BCUT2D eigenvalue weighted by Crippen LogP contribution is 1.94. The van der Waals surface area contributed by atoms with E-state index in [9.17, 15) is 0 Å². The summed E-state index contributed by atoms with van der Waals surface area (Å²) in [6, 6.07) is 0. The van der Waals surface area contributed by atoms with Crippen molar-refractivity contribution in [1.82, 2.24) is 0 Å². The molecule has 0 aromatic carbocycles. The topological polar surface area (TPSA) is 12.4 Å². The molecule has 0 rings (SSSR count). The second-order valence-corrected chi connectivity index (χ2v) is 2.54. The number of nitrogens with zero attached hydrogens (tertiary/aromatic N) is 1. The van der Waals surface area contributed by atoms with Gasteiger partial charge in [0.1, 0.15) is 0 Å². The fourth-order valence-electron chi connectivity index (χ4n) is 0.470. The summed E-state index contributed by atoms with van der Waals surface area (Å²) in [4.78, 5) is 4.22. The van der Waals surface area contributed by atoms with Gasteiger partial charge in [0.2, 0.25) is 0 Å². The Morgan fingerprint density at radius 3 is 2.22 bits per heavy atom. The van der Waals surface area contributed by atoms with E-state index in [0.717, 1.165) is 18.7 Å². The third kappa shape index (κ3) is 7.41. The number of aliphatic imine (C=N–C) groups is 1. The van der Waals surface area contributed by atoms with Crippen molar-refractivity contribution in [1.29, 1.82) is 0 Å². The predicted octanol–water partition coefficient (Wildman–Crippen LogP) is 2.43. The highest BCUT2D eigenvalue weighted by Gasteiger charge is 1.83. The Hall–Kier alpha value is -0.590. The Labute approximate surface area is 57.5 Å². The van der Waals surface area contributed by atoms with E-state index in [-0.39, 0.29) is 0 Å². The lowest BCUT2D eigenvalue weighted by Crippen LogP contribution is -1.86. The van der Waals surface area contributed by atoms with Gasteiger partial charge in [-0.3, -0.25) is 4.99 Å². The Morgan fingerprint density at radius 1 is 1.33 bits per heavy atom. The molecule has 0 spiro atoms. The monoisotopic (exact) mass is 125 g/mol. The van der Waals surface area contributed by atoms with Gasteiger partial charge in [0.25, 0.3) is 0 Å². The van der Waals surface area contributed by atoms with Gasteiger partial charge in [-0.25, -0.2) is 0 Å². The van der Waals surface area contributed by atoms with E-state index in [1.54, 1.807) is 0 Å². The Bertz CT molecular complexity index is 119. The zero-order chi connectivity index (χ0) is 7.28. The van der Waals surface area contributed by atoms with Gasteiger partial charge in [-0.2, -0.15) is 0 Å². The van der Waals surface area contributed by atoms with Crippen LogP contribution in [-0.4, -0.2) is 12.3 Å². The quantitative estimate of drug-likeness (QED) is 0.406. The van der Waals surface area contributed by atoms with Gasteiger partial charge in [0.15, 0.2) is 0 Å². The third-order valence-electron chi connectivity index (χ3n) is 0.967. The molecule has 1 heteroatoms. The molecule has 9 heavy (non-hydrogen) atoms. The normalized spacial score (nSPS) is 8.78. The van der Waals surface area contributed by atoms with Crippen LogP contribution < -0.4 is 0 Å². The van der Waals surface area contributed by atoms with Gasteiger partial charge in [-0.15, -0.1) is 6.58 Å². The molecule has 0 N–H and O–H groups in total. The van der Waals surface area contributed by atoms with Crippen LogP contribution in [0.5, 0.6) is 0 Å². The van der Waals surface area contributed by atoms with E-state index in [0.29, 0.717) is 0 Å². The standard InChI is InChI=1S/C8H15N/c1-7(2)5-6-9-8(3)4/h1,5-6H2,2-4H3. The predicted molar refractivity (Wildman–Crippen MR) is 43.1 cm³/mol. The Morgan fingerprint density at radius 2 is 1.89 bits per heavy atom. The highest BCUT2D eigenvalue weighted by molar-refractivity contribution is 5.79. The van der Waals surface area contributed by atoms with Crippen molar-refractivity contribution >= 4 is 5.71 Å². The minimum Gasteiger partial charge on any atom is -0.294 e. The van der Waals surface area contributed by atoms with Crippen LogP contribution >= 0.6 is 0 Å². The molecular weight excluding hydrogens is 110 g/mol. The van der Waals surface area contributed by atoms with Gasteiger partial charge in [-0.1, -0.05) is 5.57 Å². The molecule has 0 radical (unpaired) electrons. The van der Waals surface area contributed by atoms with Crippen LogP contribution in [0.3, 0.4) is 0 Å². The molecule has 0 saturated heterocycles. The fraction of sp³-hybridized carbons (Fsp3) is 0.625. The van der Waals surface area contributed by atoms with Crippen LogP contribution in [0.2, 0.25) is 0 Å². The van der Waals surface area contributed by atoms with E-state index >= 15 is 0 Å². The average Bonchev–Trinajstić information content (AvgIpc) is 1.63. The Balaban J connectivity index is 3.31. The molecule has 0 aliphatic rings.